The fourth-order valence-electron chi connectivity index (χ4n) is 6.08. The average Bonchev–Trinajstić information content (AvgIpc) is 3.70. The van der Waals surface area contributed by atoms with Gasteiger partial charge in [0.2, 0.25) is 11.8 Å². The number of methoxy groups -OCH3 is 1. The number of ether oxygens (including phenoxy) is 1. The third-order valence-corrected chi connectivity index (χ3v) is 8.22. The van der Waals surface area contributed by atoms with E-state index in [1.54, 1.807) is 13.2 Å². The van der Waals surface area contributed by atoms with Crippen molar-refractivity contribution in [2.75, 3.05) is 13.7 Å². The molecule has 10 nitrogen and oxygen atoms in total. The maximum Gasteiger partial charge on any atom is 0.268 e. The number of hydrogen-bond donors (Lipinski definition) is 4. The second-order valence-electron chi connectivity index (χ2n) is 11.6. The Balaban J connectivity index is 1.36. The summed E-state index contributed by atoms with van der Waals surface area (Å²) in [6, 6.07) is 15.6. The fraction of sp³-hybridized carbons (Fsp3) is 0.438. The molecule has 0 radical (unpaired) electrons. The van der Waals surface area contributed by atoms with Crippen molar-refractivity contribution in [3.05, 3.63) is 65.4 Å². The van der Waals surface area contributed by atoms with Crippen molar-refractivity contribution in [2.24, 2.45) is 11.8 Å². The highest BCUT2D eigenvalue weighted by atomic mass is 16.5. The number of carbonyl (C=O) groups is 3. The monoisotopic (exact) mass is 570 g/mol. The highest BCUT2D eigenvalue weighted by Crippen LogP contribution is 2.29. The Morgan fingerprint density at radius 3 is 2.48 bits per heavy atom. The smallest absolute Gasteiger partial charge is 0.268 e. The molecule has 4 atom stereocenters. The first-order chi connectivity index (χ1) is 20.3. The van der Waals surface area contributed by atoms with E-state index in [0.717, 1.165) is 22.0 Å². The Morgan fingerprint density at radius 1 is 1.12 bits per heavy atom. The van der Waals surface area contributed by atoms with Gasteiger partial charge in [0.05, 0.1) is 19.2 Å². The highest BCUT2D eigenvalue weighted by molar-refractivity contribution is 6.01. The van der Waals surface area contributed by atoms with Crippen molar-refractivity contribution >= 4 is 28.6 Å². The van der Waals surface area contributed by atoms with Crippen LogP contribution in [0, 0.1) is 23.2 Å². The Bertz CT molecular complexity index is 1480. The molecular weight excluding hydrogens is 532 g/mol. The van der Waals surface area contributed by atoms with Crippen molar-refractivity contribution in [1.29, 1.82) is 5.26 Å². The lowest BCUT2D eigenvalue weighted by molar-refractivity contribution is -0.126. The summed E-state index contributed by atoms with van der Waals surface area (Å²) in [6.45, 7) is 5.74. The van der Waals surface area contributed by atoms with Crippen molar-refractivity contribution in [1.82, 2.24) is 25.8 Å². The Hall–Kier alpha value is -4.36. The number of nitriles is 1. The summed E-state index contributed by atoms with van der Waals surface area (Å²) >= 11 is 0. The molecular formula is C32H38N6O4. The van der Waals surface area contributed by atoms with Gasteiger partial charge in [0.15, 0.2) is 0 Å². The van der Waals surface area contributed by atoms with Gasteiger partial charge in [-0.25, -0.2) is 0 Å². The van der Waals surface area contributed by atoms with Gasteiger partial charge < -0.3 is 25.7 Å². The maximum atomic E-state index is 13.9. The third kappa shape index (κ3) is 6.26. The zero-order valence-corrected chi connectivity index (χ0v) is 24.3. The van der Waals surface area contributed by atoms with Gasteiger partial charge in [-0.15, -0.1) is 0 Å². The van der Waals surface area contributed by atoms with Crippen molar-refractivity contribution < 1.29 is 19.1 Å². The van der Waals surface area contributed by atoms with Crippen LogP contribution < -0.4 is 20.7 Å². The largest absolute Gasteiger partial charge is 0.496 e. The van der Waals surface area contributed by atoms with Gasteiger partial charge in [0.25, 0.3) is 5.91 Å². The molecule has 1 fully saturated rings. The number of carbonyl (C=O) groups excluding carboxylic acids is 3. The number of benzene rings is 2. The Labute approximate surface area is 245 Å². The summed E-state index contributed by atoms with van der Waals surface area (Å²) in [5, 5.41) is 20.0. The number of hydrogen-bond acceptors (Lipinski definition) is 6. The average molecular weight is 571 g/mol. The molecule has 3 amide bonds. The van der Waals surface area contributed by atoms with Gasteiger partial charge in [-0.2, -0.15) is 5.26 Å². The van der Waals surface area contributed by atoms with Crippen LogP contribution in [0.5, 0.6) is 5.75 Å². The van der Waals surface area contributed by atoms with E-state index in [1.165, 1.54) is 0 Å². The van der Waals surface area contributed by atoms with E-state index >= 15 is 0 Å². The first-order valence-electron chi connectivity index (χ1n) is 14.5. The number of fused-ring (bicyclic) bond motifs is 2. The van der Waals surface area contributed by atoms with Gasteiger partial charge in [-0.05, 0) is 54.5 Å². The first kappa shape index (κ1) is 29.1. The second kappa shape index (κ2) is 12.7. The topological polar surface area (TPSA) is 139 Å². The number of nitrogens with one attached hydrogen (secondary N) is 4. The lowest BCUT2D eigenvalue weighted by Crippen LogP contribution is -2.56. The predicted molar refractivity (Wildman–Crippen MR) is 158 cm³/mol. The highest BCUT2D eigenvalue weighted by Gasteiger charge is 2.38. The van der Waals surface area contributed by atoms with Crippen LogP contribution in [0.4, 0.5) is 0 Å². The number of nitrogens with zero attached hydrogens (tertiary/aromatic N) is 2. The molecule has 42 heavy (non-hydrogen) atoms. The van der Waals surface area contributed by atoms with E-state index in [-0.39, 0.29) is 23.7 Å². The molecule has 1 saturated heterocycles. The summed E-state index contributed by atoms with van der Waals surface area (Å²) in [5.74, 6) is -0.376. The van der Waals surface area contributed by atoms with E-state index in [1.807, 2.05) is 44.2 Å². The second-order valence-corrected chi connectivity index (χ2v) is 11.6. The van der Waals surface area contributed by atoms with Crippen LogP contribution in [0.2, 0.25) is 0 Å². The summed E-state index contributed by atoms with van der Waals surface area (Å²) in [7, 11) is 1.57. The van der Waals surface area contributed by atoms with Crippen LogP contribution in [0.1, 0.15) is 54.7 Å². The third-order valence-electron chi connectivity index (χ3n) is 8.22. The molecule has 2 aliphatic heterocycles. The molecule has 220 valence electrons. The normalized spacial score (nSPS) is 18.6. The van der Waals surface area contributed by atoms with Crippen molar-refractivity contribution in [3.8, 4) is 11.8 Å². The van der Waals surface area contributed by atoms with E-state index in [9.17, 15) is 19.6 Å². The van der Waals surface area contributed by atoms with Crippen LogP contribution in [0.3, 0.4) is 0 Å². The molecule has 0 bridgehead atoms. The molecule has 1 unspecified atom stereocenters. The maximum absolute atomic E-state index is 13.9. The predicted octanol–water partition coefficient (Wildman–Crippen LogP) is 3.24. The summed E-state index contributed by atoms with van der Waals surface area (Å²) in [4.78, 5) is 44.9. The molecule has 3 heterocycles. The van der Waals surface area contributed by atoms with Crippen LogP contribution >= 0.6 is 0 Å². The summed E-state index contributed by atoms with van der Waals surface area (Å²) in [6.07, 6.45) is 1.40. The minimum Gasteiger partial charge on any atom is -0.496 e. The lowest BCUT2D eigenvalue weighted by Gasteiger charge is -2.32. The van der Waals surface area contributed by atoms with Gasteiger partial charge in [-0.3, -0.25) is 19.3 Å². The SMILES string of the molecule is COc1cccc2[nH]c(C(=O)N[C@@H](CC(C)C)C(=O)N[C@@H](C[C@@H]3CCNC3=O)C(C#N)N3Cc4ccccc4C3)cc12. The molecule has 0 aliphatic carbocycles. The Kier molecular flexibility index (Phi) is 8.78. The van der Waals surface area contributed by atoms with Gasteiger partial charge >= 0.3 is 0 Å². The molecule has 1 aromatic heterocycles. The number of rotatable bonds is 11. The molecule has 0 saturated carbocycles. The molecule has 2 aromatic carbocycles. The molecule has 3 aromatic rings. The minimum atomic E-state index is -0.833. The van der Waals surface area contributed by atoms with Crippen molar-refractivity contribution in [3.63, 3.8) is 0 Å². The molecule has 0 spiro atoms. The summed E-state index contributed by atoms with van der Waals surface area (Å²) in [5.41, 5.74) is 3.38. The van der Waals surface area contributed by atoms with Crippen LogP contribution in [0.15, 0.2) is 48.5 Å². The van der Waals surface area contributed by atoms with Gasteiger partial charge in [-0.1, -0.05) is 44.2 Å². The molecule has 5 rings (SSSR count). The standard InChI is InChI=1S/C32H38N6O4/c1-19(2)13-26(37-32(41)27-15-23-24(35-27)9-6-10-29(23)42-3)31(40)36-25(14-20-11-12-34-30(20)39)28(16-33)38-17-21-7-4-5-8-22(21)18-38/h4-10,15,19-20,25-26,28,35H,11-14,17-18H2,1-3H3,(H,34,39)(H,36,40)(H,37,41)/t20-,25-,26-,28?/m0/s1. The number of amides is 3. The van der Waals surface area contributed by atoms with Crippen LogP contribution in [0.25, 0.3) is 10.9 Å². The van der Waals surface area contributed by atoms with E-state index in [2.05, 4.69) is 44.0 Å². The van der Waals surface area contributed by atoms with E-state index in [0.29, 0.717) is 50.3 Å². The minimum absolute atomic E-state index is 0.0584. The Morgan fingerprint density at radius 2 is 1.86 bits per heavy atom. The summed E-state index contributed by atoms with van der Waals surface area (Å²) < 4.78 is 5.42. The zero-order valence-electron chi connectivity index (χ0n) is 24.3. The van der Waals surface area contributed by atoms with E-state index in [4.69, 9.17) is 4.74 Å². The van der Waals surface area contributed by atoms with Gasteiger partial charge in [0.1, 0.15) is 23.5 Å². The lowest BCUT2D eigenvalue weighted by atomic mass is 9.92. The zero-order chi connectivity index (χ0) is 29.8. The van der Waals surface area contributed by atoms with E-state index < -0.39 is 24.0 Å². The van der Waals surface area contributed by atoms with Crippen LogP contribution in [-0.4, -0.2) is 59.4 Å². The molecule has 2 aliphatic rings. The number of aromatic amines is 1. The fourth-order valence-corrected chi connectivity index (χ4v) is 6.08. The van der Waals surface area contributed by atoms with Gasteiger partial charge in [0, 0.05) is 36.5 Å². The number of H-pyrrole nitrogens is 1. The quantitative estimate of drug-likeness (QED) is 0.279. The molecule has 10 heteroatoms. The van der Waals surface area contributed by atoms with Crippen molar-refractivity contribution in [2.45, 2.75) is 64.3 Å². The number of aromatic nitrogens is 1. The first-order valence-corrected chi connectivity index (χ1v) is 14.5. The molecule has 4 N–H and O–H groups in total. The van der Waals surface area contributed by atoms with Crippen LogP contribution in [-0.2, 0) is 22.7 Å².